The Balaban J connectivity index is 1.28. The summed E-state index contributed by atoms with van der Waals surface area (Å²) in [5, 5.41) is 6.98. The fraction of sp³-hybridized carbons (Fsp3) is 0. The zero-order chi connectivity index (χ0) is 31.9. The molecule has 0 radical (unpaired) electrons. The molecule has 0 aliphatic heterocycles. The van der Waals surface area contributed by atoms with Crippen molar-refractivity contribution in [2.45, 2.75) is 0 Å². The number of benzene rings is 8. The van der Waals surface area contributed by atoms with Gasteiger partial charge >= 0.3 is 0 Å². The Hall–Kier alpha value is -6.45. The maximum absolute atomic E-state index is 5.26. The van der Waals surface area contributed by atoms with Crippen LogP contribution in [0.4, 0.5) is 0 Å². The first-order valence-electron chi connectivity index (χ1n) is 16.2. The van der Waals surface area contributed by atoms with Gasteiger partial charge in [-0.2, -0.15) is 0 Å². The van der Waals surface area contributed by atoms with Crippen LogP contribution in [-0.2, 0) is 0 Å². The monoisotopic (exact) mass is 611 g/mol. The minimum absolute atomic E-state index is 0.646. The lowest BCUT2D eigenvalue weighted by atomic mass is 9.93. The summed E-state index contributed by atoms with van der Waals surface area (Å²) >= 11 is 0. The van der Waals surface area contributed by atoms with Gasteiger partial charge < -0.3 is 0 Å². The highest BCUT2D eigenvalue weighted by molar-refractivity contribution is 6.07. The van der Waals surface area contributed by atoms with Gasteiger partial charge in [-0.15, -0.1) is 0 Å². The lowest BCUT2D eigenvalue weighted by Gasteiger charge is -2.15. The van der Waals surface area contributed by atoms with E-state index in [1.165, 1.54) is 21.9 Å². The van der Waals surface area contributed by atoms with Crippen LogP contribution < -0.4 is 0 Å². The molecular weight excluding hydrogens is 583 g/mol. The summed E-state index contributed by atoms with van der Waals surface area (Å²) in [6, 6.07) is 61.7. The molecule has 0 aliphatic rings. The zero-order valence-electron chi connectivity index (χ0n) is 26.1. The van der Waals surface area contributed by atoms with E-state index in [4.69, 9.17) is 15.0 Å². The number of aromatic nitrogens is 3. The average Bonchev–Trinajstić information content (AvgIpc) is 3.17. The Labute approximate surface area is 278 Å². The maximum atomic E-state index is 5.26. The Kier molecular flexibility index (Phi) is 6.80. The molecular formula is C45H29N3. The fourth-order valence-corrected chi connectivity index (χ4v) is 6.82. The molecule has 0 bridgehead atoms. The van der Waals surface area contributed by atoms with E-state index in [1.54, 1.807) is 0 Å². The van der Waals surface area contributed by atoms with Crippen molar-refractivity contribution in [3.05, 3.63) is 176 Å². The van der Waals surface area contributed by atoms with E-state index in [1.807, 2.05) is 18.2 Å². The SMILES string of the molecule is c1ccc(-c2nc(-c3ccc(-c4ccc5ccccc5c4)c4ccccc34)nc(-c3cccc4cccc(-c5ccccc5)c34)n2)cc1. The van der Waals surface area contributed by atoms with Gasteiger partial charge in [0.15, 0.2) is 17.5 Å². The van der Waals surface area contributed by atoms with Crippen LogP contribution in [0, 0.1) is 0 Å². The molecule has 224 valence electrons. The van der Waals surface area contributed by atoms with Crippen molar-refractivity contribution in [2.24, 2.45) is 0 Å². The van der Waals surface area contributed by atoms with Crippen LogP contribution in [0.1, 0.15) is 0 Å². The smallest absolute Gasteiger partial charge is 0.164 e. The third-order valence-electron chi connectivity index (χ3n) is 9.12. The Morgan fingerprint density at radius 2 is 0.812 bits per heavy atom. The first-order chi connectivity index (χ1) is 23.8. The van der Waals surface area contributed by atoms with Crippen molar-refractivity contribution in [1.82, 2.24) is 15.0 Å². The lowest BCUT2D eigenvalue weighted by Crippen LogP contribution is -2.01. The van der Waals surface area contributed by atoms with Gasteiger partial charge in [0.2, 0.25) is 0 Å². The standard InChI is InChI=1S/C45H29N3/c1-3-14-31(15-4-1)37-23-11-19-32-20-12-24-41(42(32)37)45-47-43(33-16-5-2-6-17-33)46-44(48-45)40-28-27-36(38-21-9-10-22-39(38)40)35-26-25-30-13-7-8-18-34(30)29-35/h1-29H. The molecule has 0 aliphatic carbocycles. The summed E-state index contributed by atoms with van der Waals surface area (Å²) in [6.07, 6.45) is 0. The molecule has 9 aromatic rings. The number of hydrogen-bond acceptors (Lipinski definition) is 3. The van der Waals surface area contributed by atoms with Crippen LogP contribution in [0.5, 0.6) is 0 Å². The van der Waals surface area contributed by atoms with Gasteiger partial charge in [-0.1, -0.05) is 164 Å². The molecule has 1 heterocycles. The first kappa shape index (κ1) is 27.8. The number of hydrogen-bond donors (Lipinski definition) is 0. The third-order valence-corrected chi connectivity index (χ3v) is 9.12. The third kappa shape index (κ3) is 4.90. The molecule has 0 unspecified atom stereocenters. The average molecular weight is 612 g/mol. The Morgan fingerprint density at radius 1 is 0.271 bits per heavy atom. The van der Waals surface area contributed by atoms with Crippen LogP contribution in [0.25, 0.3) is 88.7 Å². The quantitative estimate of drug-likeness (QED) is 0.194. The van der Waals surface area contributed by atoms with Gasteiger partial charge in [0, 0.05) is 22.1 Å². The molecule has 1 aromatic heterocycles. The molecule has 8 aromatic carbocycles. The molecule has 0 amide bonds. The molecule has 9 rings (SSSR count). The highest BCUT2D eigenvalue weighted by Gasteiger charge is 2.18. The lowest BCUT2D eigenvalue weighted by molar-refractivity contribution is 1.08. The largest absolute Gasteiger partial charge is 0.208 e. The predicted molar refractivity (Wildman–Crippen MR) is 200 cm³/mol. The van der Waals surface area contributed by atoms with Gasteiger partial charge in [0.1, 0.15) is 0 Å². The van der Waals surface area contributed by atoms with Crippen LogP contribution >= 0.6 is 0 Å². The van der Waals surface area contributed by atoms with Crippen LogP contribution in [0.15, 0.2) is 176 Å². The van der Waals surface area contributed by atoms with E-state index in [9.17, 15) is 0 Å². The Bertz CT molecular complexity index is 2600. The van der Waals surface area contributed by atoms with E-state index >= 15 is 0 Å². The van der Waals surface area contributed by atoms with Gasteiger partial charge in [0.25, 0.3) is 0 Å². The molecule has 3 nitrogen and oxygen atoms in total. The predicted octanol–water partition coefficient (Wildman–Crippen LogP) is 11.7. The second-order valence-electron chi connectivity index (χ2n) is 12.0. The number of rotatable bonds is 5. The van der Waals surface area contributed by atoms with Gasteiger partial charge in [-0.25, -0.2) is 15.0 Å². The molecule has 0 atom stereocenters. The fourth-order valence-electron chi connectivity index (χ4n) is 6.82. The second kappa shape index (κ2) is 11.7. The normalized spacial score (nSPS) is 11.3. The first-order valence-corrected chi connectivity index (χ1v) is 16.2. The van der Waals surface area contributed by atoms with E-state index in [0.29, 0.717) is 17.5 Å². The van der Waals surface area contributed by atoms with Crippen molar-refractivity contribution in [3.63, 3.8) is 0 Å². The zero-order valence-corrected chi connectivity index (χ0v) is 26.1. The van der Waals surface area contributed by atoms with E-state index in [0.717, 1.165) is 49.4 Å². The minimum Gasteiger partial charge on any atom is -0.208 e. The van der Waals surface area contributed by atoms with Crippen molar-refractivity contribution in [2.75, 3.05) is 0 Å². The number of nitrogens with zero attached hydrogens (tertiary/aromatic N) is 3. The summed E-state index contributed by atoms with van der Waals surface area (Å²) < 4.78 is 0. The van der Waals surface area contributed by atoms with Crippen molar-refractivity contribution in [1.29, 1.82) is 0 Å². The molecule has 0 fully saturated rings. The second-order valence-corrected chi connectivity index (χ2v) is 12.0. The minimum atomic E-state index is 0.646. The molecule has 0 saturated heterocycles. The van der Waals surface area contributed by atoms with Gasteiger partial charge in [0.05, 0.1) is 0 Å². The highest BCUT2D eigenvalue weighted by Crippen LogP contribution is 2.39. The summed E-state index contributed by atoms with van der Waals surface area (Å²) in [5.41, 5.74) is 7.56. The molecule has 48 heavy (non-hydrogen) atoms. The Morgan fingerprint density at radius 3 is 1.56 bits per heavy atom. The topological polar surface area (TPSA) is 38.7 Å². The highest BCUT2D eigenvalue weighted by atomic mass is 15.0. The molecule has 0 spiro atoms. The van der Waals surface area contributed by atoms with Gasteiger partial charge in [-0.05, 0) is 61.3 Å². The summed E-state index contributed by atoms with van der Waals surface area (Å²) in [5.74, 6) is 1.94. The van der Waals surface area contributed by atoms with Crippen LogP contribution in [0.2, 0.25) is 0 Å². The van der Waals surface area contributed by atoms with Crippen LogP contribution in [-0.4, -0.2) is 15.0 Å². The molecule has 3 heteroatoms. The summed E-state index contributed by atoms with van der Waals surface area (Å²) in [7, 11) is 0. The molecule has 0 N–H and O–H groups in total. The van der Waals surface area contributed by atoms with Crippen LogP contribution in [0.3, 0.4) is 0 Å². The van der Waals surface area contributed by atoms with Crippen molar-refractivity contribution >= 4 is 32.3 Å². The summed E-state index contributed by atoms with van der Waals surface area (Å²) in [4.78, 5) is 15.5. The van der Waals surface area contributed by atoms with Crippen molar-refractivity contribution < 1.29 is 0 Å². The number of fused-ring (bicyclic) bond motifs is 3. The van der Waals surface area contributed by atoms with Crippen molar-refractivity contribution in [3.8, 4) is 56.4 Å². The van der Waals surface area contributed by atoms with Gasteiger partial charge in [-0.3, -0.25) is 0 Å². The van der Waals surface area contributed by atoms with E-state index < -0.39 is 0 Å². The summed E-state index contributed by atoms with van der Waals surface area (Å²) in [6.45, 7) is 0. The maximum Gasteiger partial charge on any atom is 0.164 e. The molecule has 0 saturated carbocycles. The van der Waals surface area contributed by atoms with E-state index in [2.05, 4.69) is 158 Å². The van der Waals surface area contributed by atoms with E-state index in [-0.39, 0.29) is 0 Å².